The molecule has 4 N–H and O–H groups in total. The molecular weight excluding hydrogens is 500 g/mol. The third kappa shape index (κ3) is 3.47. The lowest BCUT2D eigenvalue weighted by molar-refractivity contribution is 0.0635. The summed E-state index contributed by atoms with van der Waals surface area (Å²) < 4.78 is -1.66. The van der Waals surface area contributed by atoms with Crippen LogP contribution in [0, 0.1) is 0 Å². The van der Waals surface area contributed by atoms with Gasteiger partial charge in [-0.05, 0) is 6.07 Å². The largest absolute Gasteiger partial charge is 0.478 e. The molecule has 0 amide bonds. The van der Waals surface area contributed by atoms with Crippen LogP contribution in [0.3, 0.4) is 0 Å². The van der Waals surface area contributed by atoms with Crippen molar-refractivity contribution in [1.82, 2.24) is 0 Å². The number of hydrogen-bond donors (Lipinski definition) is 4. The fourth-order valence-corrected chi connectivity index (χ4v) is 2.94. The standard InChI is InChI=1S/C11H5Br3O8/c12-11(13,14)6-4(9(19)20)2(7(15)16)1-3(8(17)18)5(6)10(21)22/h1H,(H,15,16)(H,17,18)(H,19,20)(H,21,22). The van der Waals surface area contributed by atoms with Gasteiger partial charge in [0, 0.05) is 5.56 Å². The van der Waals surface area contributed by atoms with E-state index in [1.807, 2.05) is 0 Å². The highest BCUT2D eigenvalue weighted by Gasteiger charge is 2.39. The lowest BCUT2D eigenvalue weighted by Crippen LogP contribution is -2.23. The van der Waals surface area contributed by atoms with E-state index in [1.54, 1.807) is 0 Å². The zero-order valence-corrected chi connectivity index (χ0v) is 14.9. The van der Waals surface area contributed by atoms with E-state index in [-0.39, 0.29) is 0 Å². The van der Waals surface area contributed by atoms with Gasteiger partial charge in [0.1, 0.15) is 0 Å². The number of halogens is 3. The van der Waals surface area contributed by atoms with Gasteiger partial charge in [0.2, 0.25) is 0 Å². The lowest BCUT2D eigenvalue weighted by atomic mass is 9.92. The second kappa shape index (κ2) is 6.34. The maximum absolute atomic E-state index is 11.4. The summed E-state index contributed by atoms with van der Waals surface area (Å²) in [7, 11) is 0. The third-order valence-electron chi connectivity index (χ3n) is 2.50. The summed E-state index contributed by atoms with van der Waals surface area (Å²) in [6, 6.07) is 0.500. The Hall–Kier alpha value is -1.46. The smallest absolute Gasteiger partial charge is 0.336 e. The summed E-state index contributed by atoms with van der Waals surface area (Å²) in [5, 5.41) is 36.6. The number of benzene rings is 1. The van der Waals surface area contributed by atoms with Crippen molar-refractivity contribution < 1.29 is 39.6 Å². The molecule has 0 aromatic heterocycles. The monoisotopic (exact) mass is 502 g/mol. The third-order valence-corrected chi connectivity index (χ3v) is 3.69. The highest BCUT2D eigenvalue weighted by Crippen LogP contribution is 2.48. The van der Waals surface area contributed by atoms with Crippen LogP contribution in [0.1, 0.15) is 47.0 Å². The molecule has 0 aliphatic heterocycles. The number of carbonyl (C=O) groups is 4. The predicted octanol–water partition coefficient (Wildman–Crippen LogP) is 2.77. The van der Waals surface area contributed by atoms with Crippen LogP contribution in [0.25, 0.3) is 0 Å². The van der Waals surface area contributed by atoms with Crippen LogP contribution in [-0.2, 0) is 2.14 Å². The Bertz CT molecular complexity index is 654. The molecular formula is C11H5Br3O8. The van der Waals surface area contributed by atoms with Crippen molar-refractivity contribution in [2.24, 2.45) is 0 Å². The molecule has 1 aromatic carbocycles. The van der Waals surface area contributed by atoms with Gasteiger partial charge < -0.3 is 20.4 Å². The van der Waals surface area contributed by atoms with Gasteiger partial charge >= 0.3 is 23.9 Å². The van der Waals surface area contributed by atoms with Gasteiger partial charge in [-0.15, -0.1) is 0 Å². The predicted molar refractivity (Wildman–Crippen MR) is 82.7 cm³/mol. The first-order valence-electron chi connectivity index (χ1n) is 5.11. The van der Waals surface area contributed by atoms with Crippen molar-refractivity contribution in [1.29, 1.82) is 0 Å². The summed E-state index contributed by atoms with van der Waals surface area (Å²) in [6.45, 7) is 0. The normalized spacial score (nSPS) is 11.0. The van der Waals surface area contributed by atoms with Crippen LogP contribution >= 0.6 is 47.8 Å². The Morgan fingerprint density at radius 1 is 0.727 bits per heavy atom. The minimum absolute atomic E-state index is 0.500. The van der Waals surface area contributed by atoms with E-state index in [4.69, 9.17) is 10.2 Å². The summed E-state index contributed by atoms with van der Waals surface area (Å²) in [5.41, 5.74) is -4.02. The molecule has 0 atom stereocenters. The zero-order valence-electron chi connectivity index (χ0n) is 10.1. The summed E-state index contributed by atoms with van der Waals surface area (Å²) in [5.74, 6) is -6.88. The molecule has 11 heteroatoms. The Morgan fingerprint density at radius 3 is 1.23 bits per heavy atom. The highest BCUT2D eigenvalue weighted by molar-refractivity contribution is 9.38. The SMILES string of the molecule is O=C(O)c1cc(C(=O)O)c(C(=O)O)c(C(Br)(Br)Br)c1C(=O)O. The van der Waals surface area contributed by atoms with Crippen molar-refractivity contribution in [3.63, 3.8) is 0 Å². The van der Waals surface area contributed by atoms with E-state index in [0.29, 0.717) is 6.07 Å². The van der Waals surface area contributed by atoms with E-state index >= 15 is 0 Å². The van der Waals surface area contributed by atoms with E-state index < -0.39 is 53.8 Å². The van der Waals surface area contributed by atoms with Crippen LogP contribution in [0.15, 0.2) is 6.07 Å². The van der Waals surface area contributed by atoms with Crippen LogP contribution in [0.4, 0.5) is 0 Å². The molecule has 0 saturated heterocycles. The molecule has 0 unspecified atom stereocenters. The molecule has 22 heavy (non-hydrogen) atoms. The van der Waals surface area contributed by atoms with Gasteiger partial charge in [0.25, 0.3) is 0 Å². The number of carboxylic acids is 4. The van der Waals surface area contributed by atoms with E-state index in [1.165, 1.54) is 0 Å². The van der Waals surface area contributed by atoms with Crippen molar-refractivity contribution in [2.75, 3.05) is 0 Å². The average Bonchev–Trinajstić information content (AvgIpc) is 2.34. The van der Waals surface area contributed by atoms with E-state index in [2.05, 4.69) is 47.8 Å². The fourth-order valence-electron chi connectivity index (χ4n) is 1.75. The number of hydrogen-bond acceptors (Lipinski definition) is 4. The summed E-state index contributed by atoms with van der Waals surface area (Å²) >= 11 is 8.74. The topological polar surface area (TPSA) is 149 Å². The zero-order chi connectivity index (χ0) is 17.4. The van der Waals surface area contributed by atoms with Gasteiger partial charge in [0.15, 0.2) is 2.14 Å². The van der Waals surface area contributed by atoms with Gasteiger partial charge in [-0.2, -0.15) is 0 Å². The molecule has 8 nitrogen and oxygen atoms in total. The first-order chi connectivity index (χ1) is 9.89. The molecule has 0 spiro atoms. The summed E-state index contributed by atoms with van der Waals surface area (Å²) in [4.78, 5) is 45.2. The number of carboxylic acid groups (broad SMARTS) is 4. The van der Waals surface area contributed by atoms with Gasteiger partial charge in [-0.1, -0.05) is 47.8 Å². The number of aromatic carboxylic acids is 4. The Balaban J connectivity index is 4.20. The molecule has 118 valence electrons. The molecule has 0 bridgehead atoms. The first kappa shape index (κ1) is 18.6. The molecule has 0 saturated carbocycles. The minimum Gasteiger partial charge on any atom is -0.478 e. The van der Waals surface area contributed by atoms with Crippen molar-refractivity contribution in [2.45, 2.75) is 2.14 Å². The Morgan fingerprint density at radius 2 is 1.05 bits per heavy atom. The maximum Gasteiger partial charge on any atom is 0.336 e. The van der Waals surface area contributed by atoms with Crippen molar-refractivity contribution in [3.8, 4) is 0 Å². The average molecular weight is 505 g/mol. The van der Waals surface area contributed by atoms with Crippen molar-refractivity contribution >= 4 is 71.7 Å². The fraction of sp³-hybridized carbons (Fsp3) is 0.0909. The molecule has 0 aliphatic carbocycles. The second-order valence-corrected chi connectivity index (χ2v) is 10.6. The molecule has 0 fully saturated rings. The molecule has 0 heterocycles. The minimum atomic E-state index is -1.73. The maximum atomic E-state index is 11.4. The molecule has 1 rings (SSSR count). The summed E-state index contributed by atoms with van der Waals surface area (Å²) in [6.07, 6.45) is 0. The highest BCUT2D eigenvalue weighted by atomic mass is 80.0. The van der Waals surface area contributed by atoms with Crippen LogP contribution < -0.4 is 0 Å². The number of alkyl halides is 3. The molecule has 0 radical (unpaired) electrons. The van der Waals surface area contributed by atoms with Crippen LogP contribution in [0.5, 0.6) is 0 Å². The Labute approximate surface area is 147 Å². The second-order valence-electron chi connectivity index (χ2n) is 3.82. The van der Waals surface area contributed by atoms with Gasteiger partial charge in [-0.25, -0.2) is 19.2 Å². The van der Waals surface area contributed by atoms with Gasteiger partial charge in [-0.3, -0.25) is 0 Å². The molecule has 0 aliphatic rings. The van der Waals surface area contributed by atoms with Crippen molar-refractivity contribution in [3.05, 3.63) is 33.9 Å². The van der Waals surface area contributed by atoms with Crippen LogP contribution in [0.2, 0.25) is 0 Å². The van der Waals surface area contributed by atoms with E-state index in [0.717, 1.165) is 0 Å². The lowest BCUT2D eigenvalue weighted by Gasteiger charge is -2.21. The quantitative estimate of drug-likeness (QED) is 0.457. The Kier molecular flexibility index (Phi) is 5.36. The van der Waals surface area contributed by atoms with Gasteiger partial charge in [0.05, 0.1) is 22.3 Å². The van der Waals surface area contributed by atoms with Crippen LogP contribution in [-0.4, -0.2) is 44.3 Å². The first-order valence-corrected chi connectivity index (χ1v) is 7.48. The molecule has 1 aromatic rings. The number of rotatable bonds is 4. The van der Waals surface area contributed by atoms with E-state index in [9.17, 15) is 29.4 Å².